The van der Waals surface area contributed by atoms with E-state index >= 15 is 0 Å². The molecule has 1 aromatic carbocycles. The molecule has 2 aromatic rings. The van der Waals surface area contributed by atoms with E-state index in [4.69, 9.17) is 15.2 Å². The normalized spacial score (nSPS) is 16.8. The fraction of sp³-hybridized carbons (Fsp3) is 0.565. The van der Waals surface area contributed by atoms with Crippen molar-refractivity contribution >= 4 is 23.8 Å². The predicted octanol–water partition coefficient (Wildman–Crippen LogP) is 1.31. The van der Waals surface area contributed by atoms with Gasteiger partial charge in [0.25, 0.3) is 0 Å². The number of nitrogens with zero attached hydrogens (tertiary/aromatic N) is 4. The van der Waals surface area contributed by atoms with Gasteiger partial charge in [-0.05, 0) is 32.1 Å². The zero-order valence-electron chi connectivity index (χ0n) is 20.3. The number of nitrogens with one attached hydrogen (secondary N) is 1. The van der Waals surface area contributed by atoms with E-state index in [1.165, 1.54) is 16.7 Å². The van der Waals surface area contributed by atoms with E-state index in [1.54, 1.807) is 18.4 Å². The third-order valence-corrected chi connectivity index (χ3v) is 6.16. The standard InChI is InChI=1S/C23H34N6O5S/c1-23(2,24)20(31)25-18(15-33-14-16-7-5-4-6-8-16)19-26-27-21(35-3)29(19)11-12-34-22(32)28-10-9-17(30)13-28/h4-8,17-18,30H,9-15,24H2,1-3H3,(H,25,31)/t17-,18+/m0/s1. The van der Waals surface area contributed by atoms with Crippen LogP contribution in [0.5, 0.6) is 0 Å². The summed E-state index contributed by atoms with van der Waals surface area (Å²) in [5, 5.41) is 21.7. The molecule has 0 aliphatic carbocycles. The van der Waals surface area contributed by atoms with E-state index in [0.717, 1.165) is 5.56 Å². The molecule has 1 fully saturated rings. The molecule has 2 atom stereocenters. The Kier molecular flexibility index (Phi) is 9.49. The van der Waals surface area contributed by atoms with Crippen LogP contribution in [0.4, 0.5) is 4.79 Å². The summed E-state index contributed by atoms with van der Waals surface area (Å²) in [6.07, 6.45) is 1.43. The fourth-order valence-corrected chi connectivity index (χ4v) is 4.06. The van der Waals surface area contributed by atoms with Crippen molar-refractivity contribution in [2.75, 3.05) is 32.6 Å². The van der Waals surface area contributed by atoms with Crippen LogP contribution in [0.15, 0.2) is 35.5 Å². The van der Waals surface area contributed by atoms with E-state index in [2.05, 4.69) is 15.5 Å². The van der Waals surface area contributed by atoms with Crippen LogP contribution in [0, 0.1) is 0 Å². The Hall–Kier alpha value is -2.67. The minimum atomic E-state index is -1.10. The lowest BCUT2D eigenvalue weighted by atomic mass is 10.1. The molecule has 0 unspecified atom stereocenters. The number of nitrogens with two attached hydrogens (primary N) is 1. The van der Waals surface area contributed by atoms with Crippen LogP contribution < -0.4 is 11.1 Å². The zero-order valence-corrected chi connectivity index (χ0v) is 21.2. The highest BCUT2D eigenvalue weighted by Gasteiger charge is 2.29. The molecular weight excluding hydrogens is 472 g/mol. The molecule has 0 saturated carbocycles. The summed E-state index contributed by atoms with van der Waals surface area (Å²) in [7, 11) is 0. The largest absolute Gasteiger partial charge is 0.448 e. The second-order valence-electron chi connectivity index (χ2n) is 8.95. The SMILES string of the molecule is CSc1nnc([C@@H](COCc2ccccc2)NC(=O)C(C)(C)N)n1CCOC(=O)N1CC[C@H](O)C1. The van der Waals surface area contributed by atoms with Crippen molar-refractivity contribution in [1.29, 1.82) is 0 Å². The average molecular weight is 507 g/mol. The van der Waals surface area contributed by atoms with Crippen LogP contribution in [0.3, 0.4) is 0 Å². The molecule has 0 bridgehead atoms. The van der Waals surface area contributed by atoms with Gasteiger partial charge in [-0.1, -0.05) is 42.1 Å². The predicted molar refractivity (Wildman–Crippen MR) is 131 cm³/mol. The molecule has 2 amide bonds. The second-order valence-corrected chi connectivity index (χ2v) is 9.72. The number of likely N-dealkylation sites (tertiary alicyclic amines) is 1. The lowest BCUT2D eigenvalue weighted by molar-refractivity contribution is -0.126. The summed E-state index contributed by atoms with van der Waals surface area (Å²) < 4.78 is 13.1. The molecule has 3 rings (SSSR count). The number of hydrogen-bond acceptors (Lipinski definition) is 9. The first kappa shape index (κ1) is 26.9. The van der Waals surface area contributed by atoms with Crippen molar-refractivity contribution in [2.24, 2.45) is 5.73 Å². The zero-order chi connectivity index (χ0) is 25.4. The van der Waals surface area contributed by atoms with Crippen LogP contribution in [0.25, 0.3) is 0 Å². The van der Waals surface area contributed by atoms with Gasteiger partial charge in [-0.25, -0.2) is 4.79 Å². The molecule has 11 nitrogen and oxygen atoms in total. The van der Waals surface area contributed by atoms with Gasteiger partial charge in [-0.3, -0.25) is 4.79 Å². The number of amides is 2. The van der Waals surface area contributed by atoms with E-state index < -0.39 is 23.8 Å². The summed E-state index contributed by atoms with van der Waals surface area (Å²) in [5.41, 5.74) is 5.90. The highest BCUT2D eigenvalue weighted by molar-refractivity contribution is 7.98. The Morgan fingerprint density at radius 1 is 1.31 bits per heavy atom. The molecule has 0 radical (unpaired) electrons. The lowest BCUT2D eigenvalue weighted by Crippen LogP contribution is -2.51. The topological polar surface area (TPSA) is 145 Å². The summed E-state index contributed by atoms with van der Waals surface area (Å²) >= 11 is 1.39. The molecule has 35 heavy (non-hydrogen) atoms. The number of thioether (sulfide) groups is 1. The van der Waals surface area contributed by atoms with Crippen LogP contribution in [-0.4, -0.2) is 81.0 Å². The maximum Gasteiger partial charge on any atom is 0.409 e. The smallest absolute Gasteiger partial charge is 0.409 e. The molecular formula is C23H34N6O5S. The van der Waals surface area contributed by atoms with Crippen molar-refractivity contribution in [3.05, 3.63) is 41.7 Å². The Balaban J connectivity index is 1.70. The number of β-amino-alcohol motifs (C(OH)–C–C–N with tert-alkyl or cyclic N) is 1. The van der Waals surface area contributed by atoms with Crippen molar-refractivity contribution in [2.45, 2.75) is 56.3 Å². The molecule has 1 saturated heterocycles. The molecule has 4 N–H and O–H groups in total. The number of carbonyl (C=O) groups is 2. The van der Waals surface area contributed by atoms with Gasteiger partial charge in [-0.2, -0.15) is 0 Å². The lowest BCUT2D eigenvalue weighted by Gasteiger charge is -2.24. The third kappa shape index (κ3) is 7.66. The van der Waals surface area contributed by atoms with Gasteiger partial charge in [0.15, 0.2) is 11.0 Å². The summed E-state index contributed by atoms with van der Waals surface area (Å²) in [4.78, 5) is 26.5. The van der Waals surface area contributed by atoms with Crippen LogP contribution in [0.2, 0.25) is 0 Å². The number of aliphatic hydroxyl groups excluding tert-OH is 1. The molecule has 1 aromatic heterocycles. The number of aliphatic hydroxyl groups is 1. The van der Waals surface area contributed by atoms with Crippen LogP contribution in [-0.2, 0) is 27.4 Å². The molecule has 12 heteroatoms. The van der Waals surface area contributed by atoms with E-state index in [0.29, 0.717) is 30.6 Å². The quantitative estimate of drug-likeness (QED) is 0.384. The average Bonchev–Trinajstić information content (AvgIpc) is 3.44. The minimum Gasteiger partial charge on any atom is -0.448 e. The third-order valence-electron chi connectivity index (χ3n) is 5.49. The first-order chi connectivity index (χ1) is 16.7. The summed E-state index contributed by atoms with van der Waals surface area (Å²) in [5.74, 6) is 0.123. The number of benzene rings is 1. The molecule has 0 spiro atoms. The van der Waals surface area contributed by atoms with Crippen LogP contribution in [0.1, 0.15) is 37.7 Å². The minimum absolute atomic E-state index is 0.0813. The van der Waals surface area contributed by atoms with E-state index in [1.807, 2.05) is 36.6 Å². The number of aromatic nitrogens is 3. The number of carbonyl (C=O) groups excluding carboxylic acids is 2. The Labute approximate surface area is 209 Å². The Bertz CT molecular complexity index is 981. The van der Waals surface area contributed by atoms with Crippen molar-refractivity contribution in [3.63, 3.8) is 0 Å². The number of ether oxygens (including phenoxy) is 2. The number of hydrogen-bond donors (Lipinski definition) is 3. The van der Waals surface area contributed by atoms with Crippen molar-refractivity contribution < 1.29 is 24.2 Å². The van der Waals surface area contributed by atoms with Gasteiger partial charge in [0.2, 0.25) is 5.91 Å². The van der Waals surface area contributed by atoms with Gasteiger partial charge < -0.3 is 35.1 Å². The summed E-state index contributed by atoms with van der Waals surface area (Å²) in [6, 6.07) is 9.09. The highest BCUT2D eigenvalue weighted by Crippen LogP contribution is 2.20. The molecule has 1 aliphatic heterocycles. The van der Waals surface area contributed by atoms with E-state index in [9.17, 15) is 14.7 Å². The fourth-order valence-electron chi connectivity index (χ4n) is 3.54. The monoisotopic (exact) mass is 506 g/mol. The Morgan fingerprint density at radius 2 is 2.06 bits per heavy atom. The van der Waals surface area contributed by atoms with Gasteiger partial charge in [0.05, 0.1) is 31.4 Å². The number of rotatable bonds is 11. The summed E-state index contributed by atoms with van der Waals surface area (Å²) in [6.45, 7) is 4.87. The Morgan fingerprint density at radius 3 is 2.69 bits per heavy atom. The molecule has 2 heterocycles. The van der Waals surface area contributed by atoms with Gasteiger partial charge in [0, 0.05) is 13.1 Å². The van der Waals surface area contributed by atoms with Gasteiger partial charge in [-0.15, -0.1) is 10.2 Å². The van der Waals surface area contributed by atoms with Gasteiger partial charge in [0.1, 0.15) is 12.6 Å². The second kappa shape index (κ2) is 12.3. The van der Waals surface area contributed by atoms with E-state index in [-0.39, 0.29) is 32.2 Å². The molecule has 192 valence electrons. The first-order valence-electron chi connectivity index (χ1n) is 11.5. The maximum absolute atomic E-state index is 12.7. The first-order valence-corrected chi connectivity index (χ1v) is 12.7. The molecule has 1 aliphatic rings. The highest BCUT2D eigenvalue weighted by atomic mass is 32.2. The van der Waals surface area contributed by atoms with Gasteiger partial charge >= 0.3 is 6.09 Å². The van der Waals surface area contributed by atoms with Crippen LogP contribution >= 0.6 is 11.8 Å². The maximum atomic E-state index is 12.7. The van der Waals surface area contributed by atoms with Crippen molar-refractivity contribution in [3.8, 4) is 0 Å². The van der Waals surface area contributed by atoms with Crippen molar-refractivity contribution in [1.82, 2.24) is 25.0 Å².